The minimum absolute atomic E-state index is 0.557. The predicted octanol–water partition coefficient (Wildman–Crippen LogP) is 2.64. The Bertz CT molecular complexity index is 235. The average Bonchev–Trinajstić information content (AvgIpc) is 2.15. The van der Waals surface area contributed by atoms with E-state index in [1.807, 2.05) is 0 Å². The van der Waals surface area contributed by atoms with Crippen molar-refractivity contribution in [3.63, 3.8) is 0 Å². The Morgan fingerprint density at radius 2 is 1.06 bits per heavy atom. The summed E-state index contributed by atoms with van der Waals surface area (Å²) in [6, 6.07) is 0. The molecule has 0 aliphatic heterocycles. The molecule has 0 radical (unpaired) electrons. The van der Waals surface area contributed by atoms with Crippen LogP contribution in [0.5, 0.6) is 0 Å². The summed E-state index contributed by atoms with van der Waals surface area (Å²) >= 11 is 10.1. The standard InChI is InChI=1S/C4F6O3.C2H4Cl2/c5-3(6,7)1(11)13-2(12)4(8,9)10;3-1-2-4/h;1-2H2. The summed E-state index contributed by atoms with van der Waals surface area (Å²) < 4.78 is 69.7. The third-order valence-electron chi connectivity index (χ3n) is 0.720. The molecule has 102 valence electrons. The summed E-state index contributed by atoms with van der Waals surface area (Å²) in [4.78, 5) is 19.3. The number of esters is 2. The summed E-state index contributed by atoms with van der Waals surface area (Å²) in [5.41, 5.74) is 0. The maximum Gasteiger partial charge on any atom is 0.491 e. The third-order valence-corrected chi connectivity index (χ3v) is 1.29. The van der Waals surface area contributed by atoms with Crippen LogP contribution in [-0.2, 0) is 14.3 Å². The van der Waals surface area contributed by atoms with Crippen LogP contribution in [0.25, 0.3) is 0 Å². The summed E-state index contributed by atoms with van der Waals surface area (Å²) in [6.45, 7) is 0. The molecule has 0 aromatic carbocycles. The lowest BCUT2D eigenvalue weighted by atomic mass is 10.6. The number of carbonyl (C=O) groups is 2. The molecule has 0 saturated carbocycles. The molecule has 11 heteroatoms. The number of ether oxygens (including phenoxy) is 1. The van der Waals surface area contributed by atoms with E-state index in [0.29, 0.717) is 11.8 Å². The van der Waals surface area contributed by atoms with Crippen molar-refractivity contribution in [2.45, 2.75) is 12.4 Å². The van der Waals surface area contributed by atoms with Gasteiger partial charge in [0.05, 0.1) is 0 Å². The van der Waals surface area contributed by atoms with E-state index in [4.69, 9.17) is 23.2 Å². The van der Waals surface area contributed by atoms with Crippen LogP contribution in [0.2, 0.25) is 0 Å². The smallest absolute Gasteiger partial charge is 0.380 e. The van der Waals surface area contributed by atoms with Gasteiger partial charge in [-0.05, 0) is 0 Å². The maximum atomic E-state index is 11.2. The van der Waals surface area contributed by atoms with Gasteiger partial charge in [-0.25, -0.2) is 9.59 Å². The second-order valence-electron chi connectivity index (χ2n) is 2.05. The fourth-order valence-electron chi connectivity index (χ4n) is 0.200. The molecule has 0 aliphatic rings. The van der Waals surface area contributed by atoms with Gasteiger partial charge in [0.25, 0.3) is 0 Å². The first-order chi connectivity index (χ1) is 7.46. The van der Waals surface area contributed by atoms with Crippen molar-refractivity contribution in [3.05, 3.63) is 0 Å². The Morgan fingerprint density at radius 1 is 0.824 bits per heavy atom. The number of carbonyl (C=O) groups excluding carboxylic acids is 2. The highest BCUT2D eigenvalue weighted by atomic mass is 35.5. The highest BCUT2D eigenvalue weighted by molar-refractivity contribution is 6.25. The van der Waals surface area contributed by atoms with Crippen LogP contribution in [0.15, 0.2) is 0 Å². The quantitative estimate of drug-likeness (QED) is 0.324. The highest BCUT2D eigenvalue weighted by Crippen LogP contribution is 2.21. The van der Waals surface area contributed by atoms with Crippen LogP contribution in [0.4, 0.5) is 26.3 Å². The molecule has 0 amide bonds. The van der Waals surface area contributed by atoms with Crippen molar-refractivity contribution in [1.82, 2.24) is 0 Å². The zero-order valence-corrected chi connectivity index (χ0v) is 9.17. The fourth-order valence-corrected chi connectivity index (χ4v) is 0.200. The number of hydrogen-bond donors (Lipinski definition) is 0. The van der Waals surface area contributed by atoms with Crippen LogP contribution in [0.1, 0.15) is 0 Å². The van der Waals surface area contributed by atoms with E-state index in [0.717, 1.165) is 0 Å². The molecule has 0 fully saturated rings. The van der Waals surface area contributed by atoms with Crippen LogP contribution >= 0.6 is 23.2 Å². The van der Waals surface area contributed by atoms with Gasteiger partial charge in [0.1, 0.15) is 0 Å². The Morgan fingerprint density at radius 3 is 1.18 bits per heavy atom. The molecule has 0 atom stereocenters. The molecule has 0 saturated heterocycles. The van der Waals surface area contributed by atoms with E-state index in [9.17, 15) is 35.9 Å². The lowest BCUT2D eigenvalue weighted by Gasteiger charge is -2.06. The van der Waals surface area contributed by atoms with Gasteiger partial charge in [0.15, 0.2) is 0 Å². The zero-order valence-electron chi connectivity index (χ0n) is 7.66. The fraction of sp³-hybridized carbons (Fsp3) is 0.667. The number of halogens is 8. The van der Waals surface area contributed by atoms with Gasteiger partial charge in [-0.1, -0.05) is 0 Å². The molecule has 0 N–H and O–H groups in total. The van der Waals surface area contributed by atoms with Crippen LogP contribution < -0.4 is 0 Å². The van der Waals surface area contributed by atoms with E-state index in [1.165, 1.54) is 0 Å². The monoisotopic (exact) mass is 308 g/mol. The van der Waals surface area contributed by atoms with Crippen molar-refractivity contribution in [2.75, 3.05) is 11.8 Å². The first-order valence-corrected chi connectivity index (χ1v) is 4.55. The zero-order chi connectivity index (χ0) is 14.3. The second-order valence-corrected chi connectivity index (χ2v) is 2.81. The molecule has 0 aromatic heterocycles. The van der Waals surface area contributed by atoms with Crippen molar-refractivity contribution in [1.29, 1.82) is 0 Å². The maximum absolute atomic E-state index is 11.2. The van der Waals surface area contributed by atoms with E-state index >= 15 is 0 Å². The third kappa shape index (κ3) is 10.2. The van der Waals surface area contributed by atoms with Gasteiger partial charge in [-0.15, -0.1) is 23.2 Å². The van der Waals surface area contributed by atoms with Crippen LogP contribution in [0, 0.1) is 0 Å². The van der Waals surface area contributed by atoms with E-state index < -0.39 is 24.3 Å². The first kappa shape index (κ1) is 18.7. The lowest BCUT2D eigenvalue weighted by molar-refractivity contribution is -0.221. The topological polar surface area (TPSA) is 43.4 Å². The Labute approximate surface area is 101 Å². The predicted molar refractivity (Wildman–Crippen MR) is 44.6 cm³/mol. The minimum atomic E-state index is -5.62. The normalized spacial score (nSPS) is 11.3. The molecule has 0 unspecified atom stereocenters. The molecular formula is C6H4Cl2F6O3. The Kier molecular flexibility index (Phi) is 8.33. The second kappa shape index (κ2) is 7.59. The van der Waals surface area contributed by atoms with Crippen molar-refractivity contribution in [3.8, 4) is 0 Å². The SMILES string of the molecule is ClCCCl.O=C(OC(=O)C(F)(F)F)C(F)(F)F. The summed E-state index contributed by atoms with van der Waals surface area (Å²) in [5, 5.41) is 0. The molecule has 0 aromatic rings. The van der Waals surface area contributed by atoms with Gasteiger partial charge in [-0.3, -0.25) is 0 Å². The molecule has 0 heterocycles. The lowest BCUT2D eigenvalue weighted by Crippen LogP contribution is -2.34. The van der Waals surface area contributed by atoms with E-state index in [-0.39, 0.29) is 0 Å². The van der Waals surface area contributed by atoms with E-state index in [2.05, 4.69) is 4.74 Å². The van der Waals surface area contributed by atoms with Crippen molar-refractivity contribution < 1.29 is 40.7 Å². The molecule has 0 aliphatic carbocycles. The van der Waals surface area contributed by atoms with Gasteiger partial charge < -0.3 is 4.74 Å². The number of rotatable bonds is 1. The van der Waals surface area contributed by atoms with Crippen LogP contribution in [-0.4, -0.2) is 36.1 Å². The molecule has 3 nitrogen and oxygen atoms in total. The van der Waals surface area contributed by atoms with Gasteiger partial charge in [-0.2, -0.15) is 26.3 Å². The first-order valence-electron chi connectivity index (χ1n) is 3.48. The summed E-state index contributed by atoms with van der Waals surface area (Å²) in [6.07, 6.45) is -11.2. The number of hydrogen-bond acceptors (Lipinski definition) is 3. The molecule has 0 rings (SSSR count). The summed E-state index contributed by atoms with van der Waals surface area (Å²) in [5.74, 6) is -5.28. The molecule has 17 heavy (non-hydrogen) atoms. The van der Waals surface area contributed by atoms with Crippen molar-refractivity contribution in [2.24, 2.45) is 0 Å². The highest BCUT2D eigenvalue weighted by Gasteiger charge is 2.49. The molecule has 0 bridgehead atoms. The van der Waals surface area contributed by atoms with E-state index in [1.54, 1.807) is 0 Å². The molecular weight excluding hydrogens is 305 g/mol. The van der Waals surface area contributed by atoms with Crippen molar-refractivity contribution >= 4 is 35.1 Å². The Balaban J connectivity index is 0. The molecule has 0 spiro atoms. The van der Waals surface area contributed by atoms with Gasteiger partial charge in [0.2, 0.25) is 0 Å². The minimum Gasteiger partial charge on any atom is -0.380 e. The van der Waals surface area contributed by atoms with Gasteiger partial charge in [0, 0.05) is 11.8 Å². The summed E-state index contributed by atoms with van der Waals surface area (Å²) in [7, 11) is 0. The average molecular weight is 309 g/mol. The van der Waals surface area contributed by atoms with Crippen LogP contribution in [0.3, 0.4) is 0 Å². The van der Waals surface area contributed by atoms with Gasteiger partial charge >= 0.3 is 24.3 Å². The Hall–Kier alpha value is -0.700. The number of alkyl halides is 8. The largest absolute Gasteiger partial charge is 0.491 e.